The number of nitrogens with zero attached hydrogens (tertiary/aromatic N) is 2. The maximum Gasteiger partial charge on any atom is 0.241 e. The third kappa shape index (κ3) is 4.22. The average Bonchev–Trinajstić information content (AvgIpc) is 3.12. The number of carbonyl (C=O) groups is 1. The molecular formula is C24H23ClN4O. The molecule has 30 heavy (non-hydrogen) atoms. The third-order valence-corrected chi connectivity index (χ3v) is 5.25. The SMILES string of the molecule is C[C@H](N)C(=O)Nc1ccc(Cl)cc1-c1nc2ccccc2n1CCc1ccccc1. The summed E-state index contributed by atoms with van der Waals surface area (Å²) in [5.74, 6) is 0.500. The fraction of sp³-hybridized carbons (Fsp3) is 0.167. The van der Waals surface area contributed by atoms with Crippen molar-refractivity contribution in [1.29, 1.82) is 0 Å². The van der Waals surface area contributed by atoms with E-state index in [-0.39, 0.29) is 5.91 Å². The zero-order chi connectivity index (χ0) is 21.1. The van der Waals surface area contributed by atoms with Crippen molar-refractivity contribution >= 4 is 34.2 Å². The monoisotopic (exact) mass is 418 g/mol. The molecule has 0 saturated heterocycles. The number of hydrogen-bond donors (Lipinski definition) is 2. The summed E-state index contributed by atoms with van der Waals surface area (Å²) in [7, 11) is 0. The third-order valence-electron chi connectivity index (χ3n) is 5.02. The van der Waals surface area contributed by atoms with Crippen molar-refractivity contribution in [2.24, 2.45) is 5.73 Å². The number of aryl methyl sites for hydroxylation is 2. The van der Waals surface area contributed by atoms with Crippen LogP contribution in [0.4, 0.5) is 5.69 Å². The number of fused-ring (bicyclic) bond motifs is 1. The predicted octanol–water partition coefficient (Wildman–Crippen LogP) is 4.89. The van der Waals surface area contributed by atoms with Crippen LogP contribution in [0, 0.1) is 0 Å². The fourth-order valence-electron chi connectivity index (χ4n) is 3.45. The van der Waals surface area contributed by atoms with E-state index in [9.17, 15) is 4.79 Å². The van der Waals surface area contributed by atoms with Gasteiger partial charge in [0.05, 0.1) is 22.8 Å². The van der Waals surface area contributed by atoms with Crippen molar-refractivity contribution in [1.82, 2.24) is 9.55 Å². The zero-order valence-electron chi connectivity index (χ0n) is 16.7. The van der Waals surface area contributed by atoms with Crippen LogP contribution >= 0.6 is 11.6 Å². The van der Waals surface area contributed by atoms with E-state index >= 15 is 0 Å². The summed E-state index contributed by atoms with van der Waals surface area (Å²) in [6, 6.07) is 23.1. The van der Waals surface area contributed by atoms with Crippen molar-refractivity contribution < 1.29 is 4.79 Å². The Morgan fingerprint density at radius 3 is 2.60 bits per heavy atom. The molecule has 0 radical (unpaired) electrons. The summed E-state index contributed by atoms with van der Waals surface area (Å²) < 4.78 is 2.18. The van der Waals surface area contributed by atoms with E-state index in [2.05, 4.69) is 28.1 Å². The highest BCUT2D eigenvalue weighted by molar-refractivity contribution is 6.31. The maximum absolute atomic E-state index is 12.3. The molecule has 152 valence electrons. The van der Waals surface area contributed by atoms with Gasteiger partial charge in [-0.2, -0.15) is 0 Å². The quantitative estimate of drug-likeness (QED) is 0.468. The van der Waals surface area contributed by atoms with E-state index < -0.39 is 6.04 Å². The van der Waals surface area contributed by atoms with Gasteiger partial charge < -0.3 is 15.6 Å². The van der Waals surface area contributed by atoms with Gasteiger partial charge in [-0.3, -0.25) is 4.79 Å². The van der Waals surface area contributed by atoms with Crippen LogP contribution in [0.2, 0.25) is 5.02 Å². The molecule has 0 aliphatic carbocycles. The van der Waals surface area contributed by atoms with Gasteiger partial charge in [0, 0.05) is 17.1 Å². The summed E-state index contributed by atoms with van der Waals surface area (Å²) in [5.41, 5.74) is 10.3. The van der Waals surface area contributed by atoms with Crippen LogP contribution < -0.4 is 11.1 Å². The number of carbonyl (C=O) groups excluding carboxylic acids is 1. The standard InChI is InChI=1S/C24H23ClN4O/c1-16(26)24(30)28-20-12-11-18(25)15-19(20)23-27-21-9-5-6-10-22(21)29(23)14-13-17-7-3-2-4-8-17/h2-12,15-16H,13-14,26H2,1H3,(H,28,30)/t16-/m0/s1. The highest BCUT2D eigenvalue weighted by Gasteiger charge is 2.18. The Hall–Kier alpha value is -3.15. The minimum absolute atomic E-state index is 0.259. The first kappa shape index (κ1) is 20.1. The Morgan fingerprint density at radius 2 is 1.83 bits per heavy atom. The van der Waals surface area contributed by atoms with E-state index in [4.69, 9.17) is 22.3 Å². The number of nitrogens with one attached hydrogen (secondary N) is 1. The molecule has 0 saturated carbocycles. The molecule has 1 heterocycles. The number of halogens is 1. The molecule has 5 nitrogen and oxygen atoms in total. The molecule has 4 aromatic rings. The summed E-state index contributed by atoms with van der Waals surface area (Å²) in [6.07, 6.45) is 0.857. The first-order chi connectivity index (χ1) is 14.5. The van der Waals surface area contributed by atoms with Gasteiger partial charge in [-0.1, -0.05) is 54.1 Å². The van der Waals surface area contributed by atoms with Gasteiger partial charge in [-0.05, 0) is 49.2 Å². The van der Waals surface area contributed by atoms with Crippen molar-refractivity contribution in [3.63, 3.8) is 0 Å². The van der Waals surface area contributed by atoms with E-state index in [0.29, 0.717) is 10.7 Å². The maximum atomic E-state index is 12.3. The molecule has 3 N–H and O–H groups in total. The Kier molecular flexibility index (Phi) is 5.84. The van der Waals surface area contributed by atoms with Crippen LogP contribution in [0.25, 0.3) is 22.4 Å². The lowest BCUT2D eigenvalue weighted by Crippen LogP contribution is -2.32. The number of aromatic nitrogens is 2. The summed E-state index contributed by atoms with van der Waals surface area (Å²) in [6.45, 7) is 2.40. The zero-order valence-corrected chi connectivity index (χ0v) is 17.4. The molecule has 0 unspecified atom stereocenters. The van der Waals surface area contributed by atoms with E-state index in [1.807, 2.05) is 42.5 Å². The van der Waals surface area contributed by atoms with Crippen LogP contribution in [0.15, 0.2) is 72.8 Å². The normalized spacial score (nSPS) is 12.1. The van der Waals surface area contributed by atoms with Gasteiger partial charge in [-0.25, -0.2) is 4.98 Å². The Labute approximate surface area is 180 Å². The largest absolute Gasteiger partial charge is 0.324 e. The predicted molar refractivity (Wildman–Crippen MR) is 123 cm³/mol. The molecule has 1 atom stereocenters. The number of nitrogens with two attached hydrogens (primary N) is 1. The number of anilines is 1. The molecule has 0 aliphatic heterocycles. The lowest BCUT2D eigenvalue weighted by atomic mass is 10.1. The van der Waals surface area contributed by atoms with Crippen molar-refractivity contribution in [3.05, 3.63) is 83.4 Å². The molecule has 3 aromatic carbocycles. The molecule has 0 aliphatic rings. The van der Waals surface area contributed by atoms with E-state index in [1.165, 1.54) is 5.56 Å². The van der Waals surface area contributed by atoms with Gasteiger partial charge in [0.1, 0.15) is 5.82 Å². The minimum Gasteiger partial charge on any atom is -0.324 e. The smallest absolute Gasteiger partial charge is 0.241 e. The van der Waals surface area contributed by atoms with Gasteiger partial charge >= 0.3 is 0 Å². The van der Waals surface area contributed by atoms with Crippen LogP contribution in [0.5, 0.6) is 0 Å². The molecule has 1 amide bonds. The van der Waals surface area contributed by atoms with Crippen LogP contribution in [-0.4, -0.2) is 21.5 Å². The van der Waals surface area contributed by atoms with E-state index in [0.717, 1.165) is 35.4 Å². The molecule has 0 spiro atoms. The first-order valence-corrected chi connectivity index (χ1v) is 10.3. The Morgan fingerprint density at radius 1 is 1.10 bits per heavy atom. The minimum atomic E-state index is -0.620. The van der Waals surface area contributed by atoms with Crippen molar-refractivity contribution in [2.45, 2.75) is 25.9 Å². The van der Waals surface area contributed by atoms with Crippen molar-refractivity contribution in [2.75, 3.05) is 5.32 Å². The number of imidazole rings is 1. The second-order valence-corrected chi connectivity index (χ2v) is 7.72. The molecule has 0 bridgehead atoms. The van der Waals surface area contributed by atoms with Gasteiger partial charge in [0.25, 0.3) is 0 Å². The topological polar surface area (TPSA) is 72.9 Å². The second-order valence-electron chi connectivity index (χ2n) is 7.28. The van der Waals surface area contributed by atoms with Crippen LogP contribution in [-0.2, 0) is 17.8 Å². The van der Waals surface area contributed by atoms with Crippen LogP contribution in [0.1, 0.15) is 12.5 Å². The second kappa shape index (κ2) is 8.69. The van der Waals surface area contributed by atoms with Gasteiger partial charge in [0.15, 0.2) is 0 Å². The number of amides is 1. The summed E-state index contributed by atoms with van der Waals surface area (Å²) in [4.78, 5) is 17.1. The summed E-state index contributed by atoms with van der Waals surface area (Å²) >= 11 is 6.32. The number of hydrogen-bond acceptors (Lipinski definition) is 3. The van der Waals surface area contributed by atoms with Crippen molar-refractivity contribution in [3.8, 4) is 11.4 Å². The highest BCUT2D eigenvalue weighted by atomic mass is 35.5. The van der Waals surface area contributed by atoms with Crippen LogP contribution in [0.3, 0.4) is 0 Å². The number of para-hydroxylation sites is 2. The lowest BCUT2D eigenvalue weighted by Gasteiger charge is -2.15. The highest BCUT2D eigenvalue weighted by Crippen LogP contribution is 2.33. The molecular weight excluding hydrogens is 396 g/mol. The number of benzene rings is 3. The molecule has 6 heteroatoms. The Bertz CT molecular complexity index is 1180. The molecule has 0 fully saturated rings. The molecule has 4 rings (SSSR count). The average molecular weight is 419 g/mol. The summed E-state index contributed by atoms with van der Waals surface area (Å²) in [5, 5.41) is 3.48. The van der Waals surface area contributed by atoms with E-state index in [1.54, 1.807) is 19.1 Å². The lowest BCUT2D eigenvalue weighted by molar-refractivity contribution is -0.117. The fourth-order valence-corrected chi connectivity index (χ4v) is 3.62. The number of rotatable bonds is 6. The first-order valence-electron chi connectivity index (χ1n) is 9.88. The molecule has 1 aromatic heterocycles. The Balaban J connectivity index is 1.81. The van der Waals surface area contributed by atoms with Gasteiger partial charge in [-0.15, -0.1) is 0 Å². The van der Waals surface area contributed by atoms with Gasteiger partial charge in [0.2, 0.25) is 5.91 Å².